The second kappa shape index (κ2) is 6.77. The molecular weight excluding hydrogens is 282 g/mol. The number of aliphatic hydroxyl groups excluding tert-OH is 1. The molecule has 0 unspecified atom stereocenters. The summed E-state index contributed by atoms with van der Waals surface area (Å²) in [7, 11) is 0. The van der Waals surface area contributed by atoms with Gasteiger partial charge in [-0.1, -0.05) is 18.2 Å². The van der Waals surface area contributed by atoms with Gasteiger partial charge < -0.3 is 19.5 Å². The molecule has 1 fully saturated rings. The van der Waals surface area contributed by atoms with E-state index in [2.05, 4.69) is 0 Å². The maximum absolute atomic E-state index is 12.7. The van der Waals surface area contributed by atoms with E-state index < -0.39 is 0 Å². The van der Waals surface area contributed by atoms with Gasteiger partial charge in [0.05, 0.1) is 19.5 Å². The summed E-state index contributed by atoms with van der Waals surface area (Å²) in [4.78, 5) is 14.5. The fourth-order valence-electron chi connectivity index (χ4n) is 2.59. The molecule has 116 valence electrons. The van der Waals surface area contributed by atoms with Crippen molar-refractivity contribution in [3.05, 3.63) is 47.7 Å². The lowest BCUT2D eigenvalue weighted by Crippen LogP contribution is -2.37. The van der Waals surface area contributed by atoms with Crippen LogP contribution in [-0.4, -0.2) is 48.8 Å². The van der Waals surface area contributed by atoms with Crippen LogP contribution in [0.4, 0.5) is 0 Å². The van der Waals surface area contributed by atoms with Gasteiger partial charge in [-0.3, -0.25) is 4.79 Å². The van der Waals surface area contributed by atoms with Gasteiger partial charge in [0.1, 0.15) is 5.75 Å². The Morgan fingerprint density at radius 2 is 2.23 bits per heavy atom. The molecule has 1 saturated heterocycles. The van der Waals surface area contributed by atoms with E-state index in [0.717, 1.165) is 11.3 Å². The minimum atomic E-state index is -0.0690. The molecule has 1 aromatic carbocycles. The highest BCUT2D eigenvalue weighted by atomic mass is 16.5. The molecule has 3 rings (SSSR count). The summed E-state index contributed by atoms with van der Waals surface area (Å²) in [6.45, 7) is 2.03. The lowest BCUT2D eigenvalue weighted by molar-refractivity contribution is -0.127. The van der Waals surface area contributed by atoms with Gasteiger partial charge >= 0.3 is 0 Å². The topological polar surface area (TPSA) is 59.0 Å². The van der Waals surface area contributed by atoms with Crippen molar-refractivity contribution in [2.75, 3.05) is 32.9 Å². The van der Waals surface area contributed by atoms with E-state index >= 15 is 0 Å². The summed E-state index contributed by atoms with van der Waals surface area (Å²) in [5.74, 6) is 0.625. The van der Waals surface area contributed by atoms with Crippen LogP contribution in [0.25, 0.3) is 6.08 Å². The first-order chi connectivity index (χ1) is 10.8. The Hall–Kier alpha value is -2.11. The summed E-state index contributed by atoms with van der Waals surface area (Å²) in [6.07, 6.45) is 5.05. The number of rotatable bonds is 2. The number of ether oxygens (including phenoxy) is 2. The molecular formula is C17H19NO4. The predicted molar refractivity (Wildman–Crippen MR) is 82.2 cm³/mol. The highest BCUT2D eigenvalue weighted by Crippen LogP contribution is 2.25. The molecule has 2 aliphatic heterocycles. The largest absolute Gasteiger partial charge is 0.464 e. The molecule has 0 spiro atoms. The summed E-state index contributed by atoms with van der Waals surface area (Å²) in [5.41, 5.74) is 1.45. The number of para-hydroxylation sites is 1. The Morgan fingerprint density at radius 3 is 3.09 bits per heavy atom. The summed E-state index contributed by atoms with van der Waals surface area (Å²) in [6, 6.07) is 7.59. The van der Waals surface area contributed by atoms with Crippen molar-refractivity contribution in [3.8, 4) is 5.75 Å². The monoisotopic (exact) mass is 301 g/mol. The average Bonchev–Trinajstić information content (AvgIpc) is 2.92. The van der Waals surface area contributed by atoms with E-state index in [4.69, 9.17) is 9.47 Å². The van der Waals surface area contributed by atoms with Crippen molar-refractivity contribution in [2.24, 2.45) is 5.92 Å². The van der Waals surface area contributed by atoms with Gasteiger partial charge in [0.15, 0.2) is 0 Å². The van der Waals surface area contributed by atoms with E-state index in [1.807, 2.05) is 30.3 Å². The minimum absolute atomic E-state index is 0.0185. The maximum Gasteiger partial charge on any atom is 0.254 e. The van der Waals surface area contributed by atoms with Crippen molar-refractivity contribution in [3.63, 3.8) is 0 Å². The maximum atomic E-state index is 12.7. The molecule has 2 aliphatic rings. The zero-order chi connectivity index (χ0) is 15.4. The highest BCUT2D eigenvalue weighted by molar-refractivity contribution is 6.01. The Morgan fingerprint density at radius 1 is 1.36 bits per heavy atom. The van der Waals surface area contributed by atoms with E-state index in [1.54, 1.807) is 11.0 Å². The third-order valence-electron chi connectivity index (χ3n) is 3.80. The molecule has 22 heavy (non-hydrogen) atoms. The molecule has 0 aromatic heterocycles. The highest BCUT2D eigenvalue weighted by Gasteiger charge is 2.24. The number of carbonyl (C=O) groups excluding carboxylic acids is 1. The molecule has 5 nitrogen and oxygen atoms in total. The second-order valence-electron chi connectivity index (χ2n) is 5.43. The summed E-state index contributed by atoms with van der Waals surface area (Å²) < 4.78 is 10.9. The fraction of sp³-hybridized carbons (Fsp3) is 0.353. The van der Waals surface area contributed by atoms with Crippen molar-refractivity contribution < 1.29 is 19.4 Å². The van der Waals surface area contributed by atoms with Crippen molar-refractivity contribution in [2.45, 2.75) is 0 Å². The van der Waals surface area contributed by atoms with Crippen LogP contribution in [0.1, 0.15) is 5.56 Å². The van der Waals surface area contributed by atoms with Gasteiger partial charge in [-0.2, -0.15) is 0 Å². The molecule has 0 radical (unpaired) electrons. The van der Waals surface area contributed by atoms with E-state index in [1.165, 1.54) is 6.26 Å². The third-order valence-corrected chi connectivity index (χ3v) is 3.80. The number of hydrogen-bond donors (Lipinski definition) is 1. The molecule has 1 amide bonds. The first-order valence-electron chi connectivity index (χ1n) is 7.40. The lowest BCUT2D eigenvalue weighted by atomic mass is 10.1. The Kier molecular flexibility index (Phi) is 4.56. The SMILES string of the molecule is O=C(C1=Cc2ccccc2OC=C1)N1CCOC[C@@H](CO)C1. The minimum Gasteiger partial charge on any atom is -0.464 e. The summed E-state index contributed by atoms with van der Waals surface area (Å²) in [5, 5.41) is 9.33. The molecule has 0 bridgehead atoms. The van der Waals surface area contributed by atoms with Crippen LogP contribution in [-0.2, 0) is 9.53 Å². The smallest absolute Gasteiger partial charge is 0.254 e. The van der Waals surface area contributed by atoms with Crippen LogP contribution >= 0.6 is 0 Å². The van der Waals surface area contributed by atoms with Gasteiger partial charge in [-0.15, -0.1) is 0 Å². The van der Waals surface area contributed by atoms with Crippen molar-refractivity contribution >= 4 is 12.0 Å². The molecule has 1 N–H and O–H groups in total. The van der Waals surface area contributed by atoms with Gasteiger partial charge in [0.2, 0.25) is 0 Å². The number of amides is 1. The van der Waals surface area contributed by atoms with Crippen LogP contribution in [0.2, 0.25) is 0 Å². The zero-order valence-electron chi connectivity index (χ0n) is 12.3. The van der Waals surface area contributed by atoms with Gasteiger partial charge in [0.25, 0.3) is 5.91 Å². The second-order valence-corrected chi connectivity index (χ2v) is 5.43. The number of fused-ring (bicyclic) bond motifs is 1. The van der Waals surface area contributed by atoms with Crippen LogP contribution in [0.15, 0.2) is 42.2 Å². The number of benzene rings is 1. The van der Waals surface area contributed by atoms with Gasteiger partial charge in [-0.25, -0.2) is 0 Å². The Bertz CT molecular complexity index is 608. The Balaban J connectivity index is 1.83. The van der Waals surface area contributed by atoms with E-state index in [0.29, 0.717) is 31.9 Å². The lowest BCUT2D eigenvalue weighted by Gasteiger charge is -2.23. The molecule has 0 aliphatic carbocycles. The summed E-state index contributed by atoms with van der Waals surface area (Å²) >= 11 is 0. The van der Waals surface area contributed by atoms with E-state index in [9.17, 15) is 9.90 Å². The number of hydrogen-bond acceptors (Lipinski definition) is 4. The molecule has 0 saturated carbocycles. The standard InChI is InChI=1S/C17H19NO4/c19-11-13-10-18(6-8-21-12-13)17(20)15-5-7-22-16-4-2-1-3-14(16)9-15/h1-5,7,9,13,19H,6,8,10-12H2/t13-/m1/s1. The predicted octanol–water partition coefficient (Wildman–Crippen LogP) is 1.44. The zero-order valence-corrected chi connectivity index (χ0v) is 12.3. The average molecular weight is 301 g/mol. The number of nitrogens with zero attached hydrogens (tertiary/aromatic N) is 1. The quantitative estimate of drug-likeness (QED) is 0.898. The van der Waals surface area contributed by atoms with Gasteiger partial charge in [0, 0.05) is 36.8 Å². The fourth-order valence-corrected chi connectivity index (χ4v) is 2.59. The molecule has 1 atom stereocenters. The first kappa shape index (κ1) is 14.8. The third kappa shape index (κ3) is 3.21. The van der Waals surface area contributed by atoms with Crippen molar-refractivity contribution in [1.29, 1.82) is 0 Å². The molecule has 5 heteroatoms. The van der Waals surface area contributed by atoms with Crippen LogP contribution in [0, 0.1) is 5.92 Å². The van der Waals surface area contributed by atoms with Gasteiger partial charge in [-0.05, 0) is 18.2 Å². The number of carbonyl (C=O) groups is 1. The van der Waals surface area contributed by atoms with Crippen LogP contribution < -0.4 is 4.74 Å². The first-order valence-corrected chi connectivity index (χ1v) is 7.40. The molecule has 2 heterocycles. The van der Waals surface area contributed by atoms with Crippen LogP contribution in [0.3, 0.4) is 0 Å². The Labute approximate surface area is 129 Å². The normalized spacial score (nSPS) is 21.2. The van der Waals surface area contributed by atoms with Crippen molar-refractivity contribution in [1.82, 2.24) is 4.90 Å². The van der Waals surface area contributed by atoms with Crippen LogP contribution in [0.5, 0.6) is 5.75 Å². The number of aliphatic hydroxyl groups is 1. The van der Waals surface area contributed by atoms with E-state index in [-0.39, 0.29) is 18.4 Å². The molecule has 1 aromatic rings.